The molecule has 6 heteroatoms. The molecule has 0 aliphatic rings. The van der Waals surface area contributed by atoms with E-state index >= 15 is 0 Å². The number of hydrogen-bond donors (Lipinski definition) is 0. The van der Waals surface area contributed by atoms with Crippen molar-refractivity contribution in [2.45, 2.75) is 19.9 Å². The summed E-state index contributed by atoms with van der Waals surface area (Å²) in [5, 5.41) is 0. The van der Waals surface area contributed by atoms with E-state index in [1.54, 1.807) is 37.4 Å². The van der Waals surface area contributed by atoms with E-state index in [1.807, 2.05) is 37.3 Å². The van der Waals surface area contributed by atoms with Crippen molar-refractivity contribution >= 4 is 17.7 Å². The third-order valence-corrected chi connectivity index (χ3v) is 4.97. The summed E-state index contributed by atoms with van der Waals surface area (Å²) in [4.78, 5) is 37.6. The molecule has 30 heavy (non-hydrogen) atoms. The first-order valence-electron chi connectivity index (χ1n) is 9.55. The highest BCUT2D eigenvalue weighted by Gasteiger charge is 2.20. The first-order valence-corrected chi connectivity index (χ1v) is 9.55. The molecule has 1 heterocycles. The molecule has 6 nitrogen and oxygen atoms in total. The van der Waals surface area contributed by atoms with Crippen molar-refractivity contribution in [3.63, 3.8) is 0 Å². The minimum atomic E-state index is -0.712. The zero-order valence-electron chi connectivity index (χ0n) is 17.1. The number of nitrogens with zero attached hydrogens (tertiary/aromatic N) is 1. The van der Waals surface area contributed by atoms with Gasteiger partial charge in [0.15, 0.2) is 12.4 Å². The Morgan fingerprint density at radius 2 is 1.63 bits per heavy atom. The van der Waals surface area contributed by atoms with E-state index < -0.39 is 5.97 Å². The number of carbonyl (C=O) groups excluding carboxylic acids is 3. The van der Waals surface area contributed by atoms with Gasteiger partial charge >= 0.3 is 5.97 Å². The number of amides is 1. The van der Waals surface area contributed by atoms with Gasteiger partial charge in [0, 0.05) is 18.2 Å². The molecule has 0 aliphatic heterocycles. The number of furan rings is 1. The summed E-state index contributed by atoms with van der Waals surface area (Å²) in [7, 11) is 1.67. The number of ketones is 1. The fourth-order valence-corrected chi connectivity index (χ4v) is 2.94. The second kappa shape index (κ2) is 9.22. The molecule has 1 aromatic heterocycles. The van der Waals surface area contributed by atoms with Crippen LogP contribution in [0.4, 0.5) is 0 Å². The number of Topliss-reactive ketones (excluding diaryl/α,β-unsaturated/α-hetero) is 1. The molecule has 0 bridgehead atoms. The Kier molecular flexibility index (Phi) is 6.47. The van der Waals surface area contributed by atoms with Crippen LogP contribution in [0.5, 0.6) is 0 Å². The zero-order valence-corrected chi connectivity index (χ0v) is 17.1. The van der Waals surface area contributed by atoms with Crippen LogP contribution in [0.3, 0.4) is 0 Å². The standard InChI is InChI=1S/C24H23NO5/c1-16(18-7-5-4-6-8-18)25(3)23(27)15-29-24(28)22-14-13-21(30-22)20-11-9-19(10-12-20)17(2)26/h4-14,16H,15H2,1-3H3/t16-/m0/s1. The monoisotopic (exact) mass is 405 g/mol. The van der Waals surface area contributed by atoms with Crippen LogP contribution in [0, 0.1) is 0 Å². The van der Waals surface area contributed by atoms with E-state index in [0.717, 1.165) is 11.1 Å². The molecule has 3 aromatic rings. The molecule has 0 saturated heterocycles. The highest BCUT2D eigenvalue weighted by Crippen LogP contribution is 2.23. The van der Waals surface area contributed by atoms with E-state index in [1.165, 1.54) is 17.9 Å². The van der Waals surface area contributed by atoms with Crippen LogP contribution in [0.1, 0.15) is 46.4 Å². The summed E-state index contributed by atoms with van der Waals surface area (Å²) < 4.78 is 10.7. The zero-order chi connectivity index (χ0) is 21.7. The number of hydrogen-bond acceptors (Lipinski definition) is 5. The van der Waals surface area contributed by atoms with Crippen LogP contribution in [-0.4, -0.2) is 36.2 Å². The maximum atomic E-state index is 12.4. The Bertz CT molecular complexity index is 1040. The van der Waals surface area contributed by atoms with Crippen molar-refractivity contribution in [2.24, 2.45) is 0 Å². The largest absolute Gasteiger partial charge is 0.450 e. The van der Waals surface area contributed by atoms with Crippen molar-refractivity contribution in [1.82, 2.24) is 4.90 Å². The molecule has 0 N–H and O–H groups in total. The van der Waals surface area contributed by atoms with Gasteiger partial charge in [-0.2, -0.15) is 0 Å². The number of rotatable bonds is 7. The molecule has 0 aliphatic carbocycles. The number of benzene rings is 2. The van der Waals surface area contributed by atoms with Crippen molar-refractivity contribution in [1.29, 1.82) is 0 Å². The molecule has 1 atom stereocenters. The minimum Gasteiger partial charge on any atom is -0.450 e. The molecular formula is C24H23NO5. The van der Waals surface area contributed by atoms with Gasteiger partial charge in [-0.25, -0.2) is 4.79 Å². The predicted octanol–water partition coefficient (Wildman–Crippen LogP) is 4.53. The quantitative estimate of drug-likeness (QED) is 0.426. The second-order valence-corrected chi connectivity index (χ2v) is 6.96. The average molecular weight is 405 g/mol. The Morgan fingerprint density at radius 3 is 2.27 bits per heavy atom. The summed E-state index contributed by atoms with van der Waals surface area (Å²) in [5.74, 6) is -0.575. The molecule has 0 fully saturated rings. The predicted molar refractivity (Wildman–Crippen MR) is 112 cm³/mol. The molecule has 1 amide bonds. The average Bonchev–Trinajstić information content (AvgIpc) is 3.27. The van der Waals surface area contributed by atoms with Crippen molar-refractivity contribution in [2.75, 3.05) is 13.7 Å². The van der Waals surface area contributed by atoms with Gasteiger partial charge in [0.05, 0.1) is 6.04 Å². The lowest BCUT2D eigenvalue weighted by Crippen LogP contribution is -2.33. The third-order valence-electron chi connectivity index (χ3n) is 4.97. The molecule has 154 valence electrons. The van der Waals surface area contributed by atoms with E-state index in [-0.39, 0.29) is 30.1 Å². The Labute approximate surface area is 175 Å². The molecule has 0 radical (unpaired) electrons. The van der Waals surface area contributed by atoms with Crippen LogP contribution in [0.15, 0.2) is 71.1 Å². The summed E-state index contributed by atoms with van der Waals surface area (Å²) in [6, 6.07) is 19.5. The Morgan fingerprint density at radius 1 is 0.967 bits per heavy atom. The minimum absolute atomic E-state index is 0.00667. The molecule has 2 aromatic carbocycles. The lowest BCUT2D eigenvalue weighted by Gasteiger charge is -2.25. The van der Waals surface area contributed by atoms with Crippen LogP contribution in [-0.2, 0) is 9.53 Å². The summed E-state index contributed by atoms with van der Waals surface area (Å²) in [6.45, 7) is 3.02. The summed E-state index contributed by atoms with van der Waals surface area (Å²) >= 11 is 0. The fraction of sp³-hybridized carbons (Fsp3) is 0.208. The normalized spacial score (nSPS) is 11.6. The van der Waals surface area contributed by atoms with E-state index in [4.69, 9.17) is 9.15 Å². The first kappa shape index (κ1) is 21.0. The van der Waals surface area contributed by atoms with Gasteiger partial charge in [0.1, 0.15) is 5.76 Å². The number of likely N-dealkylation sites (N-methyl/N-ethyl adjacent to an activating group) is 1. The Hall–Kier alpha value is -3.67. The van der Waals surface area contributed by atoms with Gasteiger partial charge in [-0.05, 0) is 31.5 Å². The van der Waals surface area contributed by atoms with E-state index in [9.17, 15) is 14.4 Å². The smallest absolute Gasteiger partial charge is 0.374 e. The maximum absolute atomic E-state index is 12.4. The fourth-order valence-electron chi connectivity index (χ4n) is 2.94. The van der Waals surface area contributed by atoms with E-state index in [0.29, 0.717) is 11.3 Å². The third kappa shape index (κ3) is 4.84. The molecule has 0 unspecified atom stereocenters. The van der Waals surface area contributed by atoms with Gasteiger partial charge in [0.2, 0.25) is 5.76 Å². The maximum Gasteiger partial charge on any atom is 0.374 e. The second-order valence-electron chi connectivity index (χ2n) is 6.96. The van der Waals surface area contributed by atoms with Gasteiger partial charge < -0.3 is 14.1 Å². The molecule has 0 spiro atoms. The van der Waals surface area contributed by atoms with Crippen LogP contribution in [0.2, 0.25) is 0 Å². The number of ether oxygens (including phenoxy) is 1. The van der Waals surface area contributed by atoms with Crippen LogP contribution in [0.25, 0.3) is 11.3 Å². The van der Waals surface area contributed by atoms with E-state index in [2.05, 4.69) is 0 Å². The van der Waals surface area contributed by atoms with Gasteiger partial charge in [-0.1, -0.05) is 54.6 Å². The lowest BCUT2D eigenvalue weighted by atomic mass is 10.1. The van der Waals surface area contributed by atoms with Gasteiger partial charge in [-0.15, -0.1) is 0 Å². The summed E-state index contributed by atoms with van der Waals surface area (Å²) in [5.41, 5.74) is 2.31. The van der Waals surface area contributed by atoms with Crippen LogP contribution < -0.4 is 0 Å². The first-order chi connectivity index (χ1) is 14.4. The van der Waals surface area contributed by atoms with Crippen molar-refractivity contribution in [3.05, 3.63) is 83.6 Å². The SMILES string of the molecule is CC(=O)c1ccc(-c2ccc(C(=O)OCC(=O)N(C)[C@@H](C)c3ccccc3)o2)cc1. The van der Waals surface area contributed by atoms with Crippen molar-refractivity contribution in [3.8, 4) is 11.3 Å². The van der Waals surface area contributed by atoms with Gasteiger partial charge in [0.25, 0.3) is 5.91 Å². The Balaban J connectivity index is 1.58. The lowest BCUT2D eigenvalue weighted by molar-refractivity contribution is -0.135. The highest BCUT2D eigenvalue weighted by molar-refractivity contribution is 5.94. The molecule has 0 saturated carbocycles. The van der Waals surface area contributed by atoms with Gasteiger partial charge in [-0.3, -0.25) is 9.59 Å². The summed E-state index contributed by atoms with van der Waals surface area (Å²) in [6.07, 6.45) is 0. The van der Waals surface area contributed by atoms with Crippen LogP contribution >= 0.6 is 0 Å². The highest BCUT2D eigenvalue weighted by atomic mass is 16.5. The topological polar surface area (TPSA) is 76.8 Å². The van der Waals surface area contributed by atoms with Crippen molar-refractivity contribution < 1.29 is 23.5 Å². The number of carbonyl (C=O) groups is 3. The number of esters is 1. The molecular weight excluding hydrogens is 382 g/mol. The molecule has 3 rings (SSSR count).